The molecule has 1 aromatic heterocycles. The number of piperidine rings is 2. The predicted octanol–water partition coefficient (Wildman–Crippen LogP) is 4.62. The molecule has 0 amide bonds. The fourth-order valence-corrected chi connectivity index (χ4v) is 3.93. The fraction of sp³-hybridized carbons (Fsp3) is 0.545. The summed E-state index contributed by atoms with van der Waals surface area (Å²) in [6.07, 6.45) is 4.97. The second-order valence-corrected chi connectivity index (χ2v) is 8.12. The minimum Gasteiger partial charge on any atom is -0.356 e. The fourth-order valence-electron chi connectivity index (χ4n) is 3.93. The van der Waals surface area contributed by atoms with Crippen LogP contribution in [0.2, 0.25) is 0 Å². The molecule has 1 aromatic carbocycles. The van der Waals surface area contributed by atoms with Crippen molar-refractivity contribution in [3.05, 3.63) is 36.4 Å². The molecule has 0 aliphatic carbocycles. The zero-order valence-corrected chi connectivity index (χ0v) is 16.1. The molecule has 0 unspecified atom stereocenters. The number of anilines is 2. The minimum absolute atomic E-state index is 0.812. The SMILES string of the molecule is CC1CCN(c2cc(-c3ccccc3)nc(N3CCC(C)CC3)n2)CC1. The molecule has 138 valence electrons. The van der Waals surface area contributed by atoms with E-state index in [-0.39, 0.29) is 0 Å². The molecule has 0 saturated carbocycles. The third kappa shape index (κ3) is 3.84. The Morgan fingerprint density at radius 1 is 0.769 bits per heavy atom. The van der Waals surface area contributed by atoms with E-state index in [9.17, 15) is 0 Å². The van der Waals surface area contributed by atoms with Crippen molar-refractivity contribution in [2.24, 2.45) is 11.8 Å². The average Bonchev–Trinajstić information content (AvgIpc) is 2.69. The lowest BCUT2D eigenvalue weighted by Crippen LogP contribution is -2.36. The molecule has 0 radical (unpaired) electrons. The monoisotopic (exact) mass is 350 g/mol. The van der Waals surface area contributed by atoms with E-state index in [4.69, 9.17) is 9.97 Å². The molecule has 26 heavy (non-hydrogen) atoms. The number of aromatic nitrogens is 2. The third-order valence-electron chi connectivity index (χ3n) is 5.94. The average molecular weight is 351 g/mol. The Balaban J connectivity index is 1.67. The van der Waals surface area contributed by atoms with Crippen LogP contribution in [0.4, 0.5) is 11.8 Å². The molecule has 4 heteroatoms. The lowest BCUT2D eigenvalue weighted by molar-refractivity contribution is 0.431. The van der Waals surface area contributed by atoms with Gasteiger partial charge >= 0.3 is 0 Å². The lowest BCUT2D eigenvalue weighted by Gasteiger charge is -2.34. The molecule has 4 rings (SSSR count). The summed E-state index contributed by atoms with van der Waals surface area (Å²) in [5, 5.41) is 0. The van der Waals surface area contributed by atoms with Gasteiger partial charge in [-0.2, -0.15) is 4.98 Å². The summed E-state index contributed by atoms with van der Waals surface area (Å²) in [5.74, 6) is 3.64. The van der Waals surface area contributed by atoms with Crippen molar-refractivity contribution >= 4 is 11.8 Å². The van der Waals surface area contributed by atoms with Gasteiger partial charge in [-0.3, -0.25) is 0 Å². The molecular weight excluding hydrogens is 320 g/mol. The smallest absolute Gasteiger partial charge is 0.227 e. The van der Waals surface area contributed by atoms with E-state index < -0.39 is 0 Å². The van der Waals surface area contributed by atoms with E-state index in [0.29, 0.717) is 0 Å². The van der Waals surface area contributed by atoms with Gasteiger partial charge in [-0.25, -0.2) is 4.98 Å². The summed E-state index contributed by atoms with van der Waals surface area (Å²) >= 11 is 0. The second kappa shape index (κ2) is 7.65. The van der Waals surface area contributed by atoms with Crippen molar-refractivity contribution in [1.82, 2.24) is 9.97 Å². The topological polar surface area (TPSA) is 32.3 Å². The zero-order chi connectivity index (χ0) is 17.9. The molecule has 0 N–H and O–H groups in total. The normalized spacial score (nSPS) is 19.8. The molecule has 2 aromatic rings. The first-order valence-electron chi connectivity index (χ1n) is 10.1. The molecule has 2 aliphatic rings. The van der Waals surface area contributed by atoms with Crippen LogP contribution in [0.15, 0.2) is 36.4 Å². The molecule has 0 bridgehead atoms. The van der Waals surface area contributed by atoms with Gasteiger partial charge in [0, 0.05) is 37.8 Å². The predicted molar refractivity (Wildman–Crippen MR) is 109 cm³/mol. The van der Waals surface area contributed by atoms with Gasteiger partial charge in [-0.1, -0.05) is 44.2 Å². The second-order valence-electron chi connectivity index (χ2n) is 8.12. The standard InChI is InChI=1S/C22H30N4/c1-17-8-12-25(13-9-17)21-16-20(19-6-4-3-5-7-19)23-22(24-21)26-14-10-18(2)11-15-26/h3-7,16-18H,8-15H2,1-2H3. The summed E-state index contributed by atoms with van der Waals surface area (Å²) < 4.78 is 0. The lowest BCUT2D eigenvalue weighted by atomic mass is 9.99. The van der Waals surface area contributed by atoms with Gasteiger partial charge in [-0.05, 0) is 37.5 Å². The quantitative estimate of drug-likeness (QED) is 0.809. The summed E-state index contributed by atoms with van der Waals surface area (Å²) in [7, 11) is 0. The van der Waals surface area contributed by atoms with E-state index in [1.54, 1.807) is 0 Å². The highest BCUT2D eigenvalue weighted by atomic mass is 15.3. The summed E-state index contributed by atoms with van der Waals surface area (Å²) in [4.78, 5) is 14.8. The number of nitrogens with zero attached hydrogens (tertiary/aromatic N) is 4. The maximum atomic E-state index is 5.00. The van der Waals surface area contributed by atoms with Crippen molar-refractivity contribution in [1.29, 1.82) is 0 Å². The highest BCUT2D eigenvalue weighted by Gasteiger charge is 2.22. The van der Waals surface area contributed by atoms with Crippen LogP contribution in [-0.4, -0.2) is 36.1 Å². The van der Waals surface area contributed by atoms with E-state index in [1.165, 1.54) is 31.2 Å². The maximum Gasteiger partial charge on any atom is 0.227 e. The highest BCUT2D eigenvalue weighted by molar-refractivity contribution is 5.65. The Kier molecular flexibility index (Phi) is 5.09. The van der Waals surface area contributed by atoms with E-state index in [1.807, 2.05) is 0 Å². The Morgan fingerprint density at radius 2 is 1.35 bits per heavy atom. The van der Waals surface area contributed by atoms with Gasteiger partial charge in [0.2, 0.25) is 5.95 Å². The maximum absolute atomic E-state index is 5.00. The van der Waals surface area contributed by atoms with Crippen molar-refractivity contribution in [3.8, 4) is 11.3 Å². The number of hydrogen-bond acceptors (Lipinski definition) is 4. The van der Waals surface area contributed by atoms with Gasteiger partial charge in [0.05, 0.1) is 5.69 Å². The molecule has 2 fully saturated rings. The van der Waals surface area contributed by atoms with Crippen molar-refractivity contribution in [3.63, 3.8) is 0 Å². The number of rotatable bonds is 3. The van der Waals surface area contributed by atoms with Gasteiger partial charge in [0.1, 0.15) is 5.82 Å². The Hall–Kier alpha value is -2.10. The first-order valence-corrected chi connectivity index (χ1v) is 10.1. The van der Waals surface area contributed by atoms with Crippen LogP contribution in [0.5, 0.6) is 0 Å². The summed E-state index contributed by atoms with van der Waals surface area (Å²) in [6.45, 7) is 9.03. The van der Waals surface area contributed by atoms with Gasteiger partial charge in [0.15, 0.2) is 0 Å². The molecule has 2 saturated heterocycles. The Bertz CT molecular complexity index is 674. The number of benzene rings is 1. The van der Waals surface area contributed by atoms with E-state index >= 15 is 0 Å². The van der Waals surface area contributed by atoms with Crippen molar-refractivity contribution in [2.75, 3.05) is 36.0 Å². The molecule has 4 nitrogen and oxygen atoms in total. The highest BCUT2D eigenvalue weighted by Crippen LogP contribution is 2.29. The Morgan fingerprint density at radius 3 is 1.96 bits per heavy atom. The van der Waals surface area contributed by atoms with Crippen molar-refractivity contribution < 1.29 is 0 Å². The Labute approximate surface area is 157 Å². The molecule has 2 aliphatic heterocycles. The first-order chi connectivity index (χ1) is 12.7. The largest absolute Gasteiger partial charge is 0.356 e. The van der Waals surface area contributed by atoms with Crippen LogP contribution >= 0.6 is 0 Å². The van der Waals surface area contributed by atoms with E-state index in [0.717, 1.165) is 55.5 Å². The summed E-state index contributed by atoms with van der Waals surface area (Å²) in [6, 6.07) is 12.7. The van der Waals surface area contributed by atoms with Crippen LogP contribution in [0.1, 0.15) is 39.5 Å². The summed E-state index contributed by atoms with van der Waals surface area (Å²) in [5.41, 5.74) is 2.22. The van der Waals surface area contributed by atoms with Crippen LogP contribution in [0, 0.1) is 11.8 Å². The number of hydrogen-bond donors (Lipinski definition) is 0. The van der Waals surface area contributed by atoms with Crippen molar-refractivity contribution in [2.45, 2.75) is 39.5 Å². The molecule has 3 heterocycles. The molecule has 0 spiro atoms. The third-order valence-corrected chi connectivity index (χ3v) is 5.94. The van der Waals surface area contributed by atoms with Crippen LogP contribution in [-0.2, 0) is 0 Å². The van der Waals surface area contributed by atoms with Gasteiger partial charge in [-0.15, -0.1) is 0 Å². The van der Waals surface area contributed by atoms with E-state index in [2.05, 4.69) is 60.0 Å². The van der Waals surface area contributed by atoms with Gasteiger partial charge < -0.3 is 9.80 Å². The zero-order valence-electron chi connectivity index (χ0n) is 16.1. The molecular formula is C22H30N4. The van der Waals surface area contributed by atoms with Crippen LogP contribution in [0.3, 0.4) is 0 Å². The molecule has 0 atom stereocenters. The minimum atomic E-state index is 0.812. The van der Waals surface area contributed by atoms with Gasteiger partial charge in [0.25, 0.3) is 0 Å². The van der Waals surface area contributed by atoms with Crippen LogP contribution in [0.25, 0.3) is 11.3 Å². The van der Waals surface area contributed by atoms with Crippen LogP contribution < -0.4 is 9.80 Å². The first kappa shape index (κ1) is 17.3.